The van der Waals surface area contributed by atoms with Gasteiger partial charge in [-0.1, -0.05) is 19.4 Å². The van der Waals surface area contributed by atoms with Crippen LogP contribution < -0.4 is 5.43 Å². The molecule has 0 spiro atoms. The molecule has 1 aliphatic rings. The Morgan fingerprint density at radius 1 is 1.56 bits per heavy atom. The van der Waals surface area contributed by atoms with Crippen molar-refractivity contribution >= 4 is 11.8 Å². The van der Waals surface area contributed by atoms with E-state index in [1.807, 2.05) is 6.08 Å². The first-order valence-corrected chi connectivity index (χ1v) is 5.59. The van der Waals surface area contributed by atoms with Crippen LogP contribution in [0.3, 0.4) is 0 Å². The molecule has 90 valence electrons. The molecule has 0 atom stereocenters. The summed E-state index contributed by atoms with van der Waals surface area (Å²) in [5.74, 6) is 0. The minimum absolute atomic E-state index is 0.216. The Morgan fingerprint density at radius 3 is 2.81 bits per heavy atom. The number of amides is 1. The Kier molecular flexibility index (Phi) is 4.10. The Labute approximate surface area is 96.7 Å². The summed E-state index contributed by atoms with van der Waals surface area (Å²) >= 11 is 0. The maximum atomic E-state index is 11.1. The second-order valence-electron chi connectivity index (χ2n) is 4.94. The smallest absolute Gasteiger partial charge is 0.427 e. The number of nitrogens with zero attached hydrogens (tertiary/aromatic N) is 1. The molecule has 1 N–H and O–H groups in total. The van der Waals surface area contributed by atoms with E-state index >= 15 is 0 Å². The molecule has 0 fully saturated rings. The van der Waals surface area contributed by atoms with Crippen LogP contribution in [-0.2, 0) is 4.74 Å². The van der Waals surface area contributed by atoms with E-state index in [0.29, 0.717) is 6.61 Å². The van der Waals surface area contributed by atoms with Crippen LogP contribution in [0.1, 0.15) is 40.5 Å². The SMILES string of the molecule is CCOC(=O)N/N=C1\C=C(C)CC(C)(C)C1. The molecule has 0 saturated heterocycles. The van der Waals surface area contributed by atoms with Crippen molar-refractivity contribution in [3.8, 4) is 0 Å². The third kappa shape index (κ3) is 4.04. The molecule has 0 aromatic carbocycles. The molecule has 4 nitrogen and oxygen atoms in total. The maximum Gasteiger partial charge on any atom is 0.427 e. The lowest BCUT2D eigenvalue weighted by Crippen LogP contribution is -2.25. The summed E-state index contributed by atoms with van der Waals surface area (Å²) in [6, 6.07) is 0. The molecule has 1 rings (SSSR count). The maximum absolute atomic E-state index is 11.1. The molecular formula is C12H20N2O2. The third-order valence-electron chi connectivity index (χ3n) is 2.40. The number of hydrogen-bond acceptors (Lipinski definition) is 3. The molecule has 0 radical (unpaired) electrons. The van der Waals surface area contributed by atoms with Gasteiger partial charge < -0.3 is 4.74 Å². The fourth-order valence-electron chi connectivity index (χ4n) is 2.05. The van der Waals surface area contributed by atoms with Crippen molar-refractivity contribution in [2.75, 3.05) is 6.61 Å². The summed E-state index contributed by atoms with van der Waals surface area (Å²) in [6.07, 6.45) is 3.48. The second-order valence-corrected chi connectivity index (χ2v) is 4.94. The van der Waals surface area contributed by atoms with Crippen molar-refractivity contribution in [1.29, 1.82) is 0 Å². The highest BCUT2D eigenvalue weighted by Crippen LogP contribution is 2.33. The van der Waals surface area contributed by atoms with Crippen LogP contribution in [0.25, 0.3) is 0 Å². The number of allylic oxidation sites excluding steroid dienone is 2. The van der Waals surface area contributed by atoms with Crippen molar-refractivity contribution in [2.45, 2.75) is 40.5 Å². The van der Waals surface area contributed by atoms with Gasteiger partial charge in [-0.2, -0.15) is 5.10 Å². The van der Waals surface area contributed by atoms with Crippen LogP contribution >= 0.6 is 0 Å². The summed E-state index contributed by atoms with van der Waals surface area (Å²) in [5, 5.41) is 4.06. The Bertz CT molecular complexity index is 330. The van der Waals surface area contributed by atoms with Gasteiger partial charge in [0.25, 0.3) is 0 Å². The van der Waals surface area contributed by atoms with E-state index < -0.39 is 6.09 Å². The fraction of sp³-hybridized carbons (Fsp3) is 0.667. The minimum atomic E-state index is -0.496. The van der Waals surface area contributed by atoms with Crippen LogP contribution in [-0.4, -0.2) is 18.4 Å². The predicted molar refractivity (Wildman–Crippen MR) is 64.4 cm³/mol. The van der Waals surface area contributed by atoms with Crippen LogP contribution in [0.2, 0.25) is 0 Å². The highest BCUT2D eigenvalue weighted by molar-refractivity contribution is 5.97. The zero-order valence-electron chi connectivity index (χ0n) is 10.5. The van der Waals surface area contributed by atoms with Gasteiger partial charge in [0.1, 0.15) is 0 Å². The lowest BCUT2D eigenvalue weighted by molar-refractivity contribution is 0.152. The molecular weight excluding hydrogens is 204 g/mol. The number of carbonyl (C=O) groups excluding carboxylic acids is 1. The Balaban J connectivity index is 2.63. The van der Waals surface area contributed by atoms with Gasteiger partial charge >= 0.3 is 6.09 Å². The highest BCUT2D eigenvalue weighted by Gasteiger charge is 2.24. The van der Waals surface area contributed by atoms with Crippen molar-refractivity contribution in [2.24, 2.45) is 10.5 Å². The first-order valence-electron chi connectivity index (χ1n) is 5.59. The summed E-state index contributed by atoms with van der Waals surface area (Å²) < 4.78 is 4.73. The predicted octanol–water partition coefficient (Wildman–Crippen LogP) is 2.85. The van der Waals surface area contributed by atoms with Crippen molar-refractivity contribution in [3.63, 3.8) is 0 Å². The monoisotopic (exact) mass is 224 g/mol. The van der Waals surface area contributed by atoms with E-state index in [1.54, 1.807) is 6.92 Å². The number of carbonyl (C=O) groups is 1. The van der Waals surface area contributed by atoms with Gasteiger partial charge in [-0.15, -0.1) is 0 Å². The summed E-state index contributed by atoms with van der Waals surface area (Å²) in [7, 11) is 0. The molecule has 0 saturated carbocycles. The van der Waals surface area contributed by atoms with E-state index in [-0.39, 0.29) is 5.41 Å². The molecule has 16 heavy (non-hydrogen) atoms. The molecule has 1 amide bonds. The van der Waals surface area contributed by atoms with E-state index in [4.69, 9.17) is 4.74 Å². The van der Waals surface area contributed by atoms with E-state index in [1.165, 1.54) is 5.57 Å². The van der Waals surface area contributed by atoms with Gasteiger partial charge in [0.15, 0.2) is 0 Å². The van der Waals surface area contributed by atoms with Crippen molar-refractivity contribution in [1.82, 2.24) is 5.43 Å². The summed E-state index contributed by atoms with van der Waals surface area (Å²) in [4.78, 5) is 11.1. The van der Waals surface area contributed by atoms with Crippen LogP contribution in [0.4, 0.5) is 4.79 Å². The van der Waals surface area contributed by atoms with Crippen molar-refractivity contribution < 1.29 is 9.53 Å². The van der Waals surface area contributed by atoms with E-state index in [9.17, 15) is 4.79 Å². The average Bonchev–Trinajstić information content (AvgIpc) is 2.12. The highest BCUT2D eigenvalue weighted by atomic mass is 16.5. The molecule has 0 aromatic rings. The zero-order chi connectivity index (χ0) is 12.2. The largest absolute Gasteiger partial charge is 0.449 e. The zero-order valence-corrected chi connectivity index (χ0v) is 10.5. The van der Waals surface area contributed by atoms with Crippen LogP contribution in [0, 0.1) is 5.41 Å². The molecule has 0 aromatic heterocycles. The number of rotatable bonds is 2. The third-order valence-corrected chi connectivity index (χ3v) is 2.40. The molecule has 0 bridgehead atoms. The van der Waals surface area contributed by atoms with Gasteiger partial charge in [-0.05, 0) is 38.2 Å². The number of hydrazone groups is 1. The Hall–Kier alpha value is -1.32. The van der Waals surface area contributed by atoms with Gasteiger partial charge in [0.05, 0.1) is 12.3 Å². The molecule has 1 aliphatic carbocycles. The van der Waals surface area contributed by atoms with E-state index in [0.717, 1.165) is 18.6 Å². The second kappa shape index (κ2) is 5.14. The van der Waals surface area contributed by atoms with Crippen LogP contribution in [0.15, 0.2) is 16.8 Å². The van der Waals surface area contributed by atoms with Gasteiger partial charge in [0, 0.05) is 0 Å². The number of nitrogens with one attached hydrogen (secondary N) is 1. The quantitative estimate of drug-likeness (QED) is 0.733. The lowest BCUT2D eigenvalue weighted by Gasteiger charge is -2.29. The van der Waals surface area contributed by atoms with Gasteiger partial charge in [-0.25, -0.2) is 10.2 Å². The molecule has 0 heterocycles. The number of hydrogen-bond donors (Lipinski definition) is 1. The lowest BCUT2D eigenvalue weighted by atomic mass is 9.77. The number of ether oxygens (including phenoxy) is 1. The van der Waals surface area contributed by atoms with Gasteiger partial charge in [-0.3, -0.25) is 0 Å². The first-order chi connectivity index (χ1) is 7.43. The summed E-state index contributed by atoms with van der Waals surface area (Å²) in [5.41, 5.74) is 4.81. The molecule has 4 heteroatoms. The fourth-order valence-corrected chi connectivity index (χ4v) is 2.05. The van der Waals surface area contributed by atoms with Crippen LogP contribution in [0.5, 0.6) is 0 Å². The first kappa shape index (κ1) is 12.7. The van der Waals surface area contributed by atoms with E-state index in [2.05, 4.69) is 31.3 Å². The molecule has 0 aliphatic heterocycles. The van der Waals surface area contributed by atoms with Gasteiger partial charge in [0.2, 0.25) is 0 Å². The minimum Gasteiger partial charge on any atom is -0.449 e. The molecule has 0 unspecified atom stereocenters. The normalized spacial score (nSPS) is 21.5. The average molecular weight is 224 g/mol. The Morgan fingerprint density at radius 2 is 2.25 bits per heavy atom. The van der Waals surface area contributed by atoms with Crippen molar-refractivity contribution in [3.05, 3.63) is 11.6 Å². The summed E-state index contributed by atoms with van der Waals surface area (Å²) in [6.45, 7) is 8.60. The standard InChI is InChI=1S/C12H20N2O2/c1-5-16-11(15)14-13-10-6-9(2)7-12(3,4)8-10/h6H,5,7-8H2,1-4H3,(H,14,15)/b13-10+. The topological polar surface area (TPSA) is 50.7 Å².